The number of nitrogens with one attached hydrogen (secondary N) is 1. The molecule has 0 aliphatic carbocycles. The van der Waals surface area contributed by atoms with Crippen LogP contribution >= 0.6 is 11.8 Å². The molecule has 1 N–H and O–H groups in total. The standard InChI is InChI=1S/C12H18N2O2S/c1-3-5-9-7-11(16)14-12(13-9)17-8-10(15)6-4-2/h7H,3-6,8H2,1-2H3,(H,13,14,16). The second kappa shape index (κ2) is 7.27. The Balaban J connectivity index is 2.64. The third-order valence-electron chi connectivity index (χ3n) is 2.18. The van der Waals surface area contributed by atoms with E-state index in [2.05, 4.69) is 9.97 Å². The number of Topliss-reactive ketones (excluding diaryl/α,β-unsaturated/α-hetero) is 1. The summed E-state index contributed by atoms with van der Waals surface area (Å²) in [6.07, 6.45) is 3.20. The van der Waals surface area contributed by atoms with Crippen molar-refractivity contribution in [2.45, 2.75) is 44.7 Å². The van der Waals surface area contributed by atoms with Crippen molar-refractivity contribution >= 4 is 17.5 Å². The molecule has 1 aromatic rings. The average molecular weight is 254 g/mol. The Morgan fingerprint density at radius 3 is 2.82 bits per heavy atom. The van der Waals surface area contributed by atoms with E-state index in [9.17, 15) is 9.59 Å². The molecule has 4 nitrogen and oxygen atoms in total. The largest absolute Gasteiger partial charge is 0.301 e. The molecule has 1 aromatic heterocycles. The number of aryl methyl sites for hydroxylation is 1. The molecule has 94 valence electrons. The van der Waals surface area contributed by atoms with Crippen LogP contribution in [0.15, 0.2) is 16.0 Å². The molecule has 0 aliphatic heterocycles. The summed E-state index contributed by atoms with van der Waals surface area (Å²) >= 11 is 1.31. The van der Waals surface area contributed by atoms with Crippen molar-refractivity contribution in [1.82, 2.24) is 9.97 Å². The third kappa shape index (κ3) is 5.17. The van der Waals surface area contributed by atoms with Crippen molar-refractivity contribution in [3.8, 4) is 0 Å². The van der Waals surface area contributed by atoms with Gasteiger partial charge < -0.3 is 4.98 Å². The Morgan fingerprint density at radius 1 is 1.41 bits per heavy atom. The molecule has 0 fully saturated rings. The zero-order chi connectivity index (χ0) is 12.7. The van der Waals surface area contributed by atoms with Crippen LogP contribution in [0, 0.1) is 0 Å². The molecule has 1 heterocycles. The van der Waals surface area contributed by atoms with Gasteiger partial charge in [-0.05, 0) is 12.8 Å². The van der Waals surface area contributed by atoms with Gasteiger partial charge in [0.25, 0.3) is 5.56 Å². The van der Waals surface area contributed by atoms with Gasteiger partial charge in [0.15, 0.2) is 5.16 Å². The summed E-state index contributed by atoms with van der Waals surface area (Å²) in [4.78, 5) is 29.7. The van der Waals surface area contributed by atoms with Gasteiger partial charge in [-0.1, -0.05) is 32.0 Å². The number of hydrogen-bond acceptors (Lipinski definition) is 4. The first-order valence-electron chi connectivity index (χ1n) is 5.90. The molecule has 0 saturated heterocycles. The molecule has 0 aromatic carbocycles. The second-order valence-corrected chi connectivity index (χ2v) is 4.83. The number of aromatic nitrogens is 2. The number of carbonyl (C=O) groups excluding carboxylic acids is 1. The fourth-order valence-corrected chi connectivity index (χ4v) is 2.23. The molecule has 0 radical (unpaired) electrons. The van der Waals surface area contributed by atoms with Crippen LogP contribution in [0.25, 0.3) is 0 Å². The van der Waals surface area contributed by atoms with Gasteiger partial charge in [-0.2, -0.15) is 0 Å². The summed E-state index contributed by atoms with van der Waals surface area (Å²) in [5.74, 6) is 0.577. The van der Waals surface area contributed by atoms with Crippen molar-refractivity contribution in [1.29, 1.82) is 0 Å². The lowest BCUT2D eigenvalue weighted by Gasteiger charge is -2.02. The van der Waals surface area contributed by atoms with E-state index in [-0.39, 0.29) is 11.3 Å². The molecule has 5 heteroatoms. The molecular formula is C12H18N2O2S. The average Bonchev–Trinajstić information content (AvgIpc) is 2.26. The summed E-state index contributed by atoms with van der Waals surface area (Å²) < 4.78 is 0. The van der Waals surface area contributed by atoms with Gasteiger partial charge in [0, 0.05) is 18.2 Å². The van der Waals surface area contributed by atoms with Crippen LogP contribution in [-0.2, 0) is 11.2 Å². The van der Waals surface area contributed by atoms with Crippen LogP contribution < -0.4 is 5.56 Å². The van der Waals surface area contributed by atoms with Crippen LogP contribution in [0.1, 0.15) is 38.8 Å². The van der Waals surface area contributed by atoms with E-state index in [4.69, 9.17) is 0 Å². The topological polar surface area (TPSA) is 62.8 Å². The number of thioether (sulfide) groups is 1. The lowest BCUT2D eigenvalue weighted by molar-refractivity contribution is -0.116. The molecule has 0 amide bonds. The Labute approximate surface area is 105 Å². The van der Waals surface area contributed by atoms with Crippen LogP contribution in [-0.4, -0.2) is 21.5 Å². The highest BCUT2D eigenvalue weighted by Gasteiger charge is 2.05. The maximum atomic E-state index is 11.4. The van der Waals surface area contributed by atoms with Gasteiger partial charge in [-0.15, -0.1) is 0 Å². The second-order valence-electron chi connectivity index (χ2n) is 3.87. The SMILES string of the molecule is CCCC(=O)CSc1nc(CCC)cc(=O)[nH]1. The van der Waals surface area contributed by atoms with Gasteiger partial charge in [-0.25, -0.2) is 4.98 Å². The summed E-state index contributed by atoms with van der Waals surface area (Å²) in [6.45, 7) is 4.02. The first-order chi connectivity index (χ1) is 8.15. The van der Waals surface area contributed by atoms with Gasteiger partial charge in [-0.3, -0.25) is 9.59 Å². The van der Waals surface area contributed by atoms with E-state index in [1.54, 1.807) is 0 Å². The molecule has 0 atom stereocenters. The Hall–Kier alpha value is -1.10. The highest BCUT2D eigenvalue weighted by molar-refractivity contribution is 7.99. The van der Waals surface area contributed by atoms with Crippen LogP contribution in [0.4, 0.5) is 0 Å². The Bertz CT molecular complexity index is 429. The third-order valence-corrected chi connectivity index (χ3v) is 3.11. The quantitative estimate of drug-likeness (QED) is 0.598. The number of aromatic amines is 1. The van der Waals surface area contributed by atoms with E-state index in [0.29, 0.717) is 17.3 Å². The number of H-pyrrole nitrogens is 1. The molecule has 0 saturated carbocycles. The number of carbonyl (C=O) groups is 1. The minimum absolute atomic E-state index is 0.145. The lowest BCUT2D eigenvalue weighted by atomic mass is 10.2. The van der Waals surface area contributed by atoms with Crippen LogP contribution in [0.2, 0.25) is 0 Å². The summed E-state index contributed by atoms with van der Waals surface area (Å²) in [5.41, 5.74) is 0.649. The maximum Gasteiger partial charge on any atom is 0.251 e. The van der Waals surface area contributed by atoms with E-state index in [1.807, 2.05) is 13.8 Å². The molecule has 1 rings (SSSR count). The first kappa shape index (κ1) is 14.0. The highest BCUT2D eigenvalue weighted by atomic mass is 32.2. The van der Waals surface area contributed by atoms with E-state index in [0.717, 1.165) is 25.0 Å². The zero-order valence-electron chi connectivity index (χ0n) is 10.3. The van der Waals surface area contributed by atoms with Crippen molar-refractivity contribution in [3.05, 3.63) is 22.1 Å². The monoisotopic (exact) mass is 254 g/mol. The van der Waals surface area contributed by atoms with Gasteiger partial charge in [0.2, 0.25) is 0 Å². The number of nitrogens with zero attached hydrogens (tertiary/aromatic N) is 1. The number of rotatable bonds is 7. The summed E-state index contributed by atoms with van der Waals surface area (Å²) in [6, 6.07) is 1.52. The number of ketones is 1. The van der Waals surface area contributed by atoms with Gasteiger partial charge in [0.1, 0.15) is 5.78 Å². The molecule has 0 unspecified atom stereocenters. The Kier molecular flexibility index (Phi) is 5.97. The first-order valence-corrected chi connectivity index (χ1v) is 6.89. The lowest BCUT2D eigenvalue weighted by Crippen LogP contribution is -2.11. The van der Waals surface area contributed by atoms with Gasteiger partial charge in [0.05, 0.1) is 5.75 Å². The van der Waals surface area contributed by atoms with Crippen molar-refractivity contribution in [2.24, 2.45) is 0 Å². The minimum Gasteiger partial charge on any atom is -0.301 e. The van der Waals surface area contributed by atoms with E-state index < -0.39 is 0 Å². The number of hydrogen-bond donors (Lipinski definition) is 1. The maximum absolute atomic E-state index is 11.4. The molecule has 0 spiro atoms. The smallest absolute Gasteiger partial charge is 0.251 e. The Morgan fingerprint density at radius 2 is 2.18 bits per heavy atom. The van der Waals surface area contributed by atoms with Crippen LogP contribution in [0.5, 0.6) is 0 Å². The highest BCUT2D eigenvalue weighted by Crippen LogP contribution is 2.12. The van der Waals surface area contributed by atoms with Crippen molar-refractivity contribution in [2.75, 3.05) is 5.75 Å². The zero-order valence-corrected chi connectivity index (χ0v) is 11.1. The minimum atomic E-state index is -0.145. The molecule has 0 aliphatic rings. The van der Waals surface area contributed by atoms with E-state index in [1.165, 1.54) is 17.8 Å². The van der Waals surface area contributed by atoms with Crippen molar-refractivity contribution < 1.29 is 4.79 Å². The predicted octanol–water partition coefficient (Wildman–Crippen LogP) is 2.18. The predicted molar refractivity (Wildman–Crippen MR) is 69.5 cm³/mol. The molecular weight excluding hydrogens is 236 g/mol. The summed E-state index contributed by atoms with van der Waals surface area (Å²) in [7, 11) is 0. The van der Waals surface area contributed by atoms with Crippen molar-refractivity contribution in [3.63, 3.8) is 0 Å². The fourth-order valence-electron chi connectivity index (χ4n) is 1.44. The fraction of sp³-hybridized carbons (Fsp3) is 0.583. The van der Waals surface area contributed by atoms with Crippen LogP contribution in [0.3, 0.4) is 0 Å². The summed E-state index contributed by atoms with van der Waals surface area (Å²) in [5, 5.41) is 0.547. The molecule has 0 bridgehead atoms. The molecule has 17 heavy (non-hydrogen) atoms. The van der Waals surface area contributed by atoms with Gasteiger partial charge >= 0.3 is 0 Å². The normalized spacial score (nSPS) is 10.5. The van der Waals surface area contributed by atoms with E-state index >= 15 is 0 Å².